The van der Waals surface area contributed by atoms with Crippen molar-refractivity contribution in [3.63, 3.8) is 0 Å². The van der Waals surface area contributed by atoms with Crippen LogP contribution >= 0.6 is 0 Å². The molecular formula is C35H29N2O+. The van der Waals surface area contributed by atoms with Gasteiger partial charge in [-0.1, -0.05) is 74.5 Å². The number of hydrogen-bond donors (Lipinski definition) is 0. The number of benzene rings is 4. The van der Waals surface area contributed by atoms with Gasteiger partial charge in [0.25, 0.3) is 0 Å². The summed E-state index contributed by atoms with van der Waals surface area (Å²) in [5.41, 5.74) is 10.3. The van der Waals surface area contributed by atoms with Gasteiger partial charge in [-0.25, -0.2) is 4.57 Å². The maximum absolute atomic E-state index is 10.0. The molecule has 3 nitrogen and oxygen atoms in total. The Morgan fingerprint density at radius 2 is 1.37 bits per heavy atom. The van der Waals surface area contributed by atoms with E-state index in [0.29, 0.717) is 5.56 Å². The van der Waals surface area contributed by atoms with E-state index >= 15 is 0 Å². The SMILES string of the molecule is [2H]C(C)(C)c1ccc(-c2ccc(-c3c(C#N)ccc4c3oc3c(-c5cccc[n+]5C)c(C)ccc34)cc2)cc1. The molecule has 4 aromatic carbocycles. The predicted molar refractivity (Wildman–Crippen MR) is 155 cm³/mol. The van der Waals surface area contributed by atoms with Crippen LogP contribution in [0.1, 0.15) is 37.8 Å². The van der Waals surface area contributed by atoms with E-state index in [1.807, 2.05) is 63.5 Å². The van der Waals surface area contributed by atoms with Crippen LogP contribution in [0.4, 0.5) is 0 Å². The molecule has 6 rings (SSSR count). The lowest BCUT2D eigenvalue weighted by atomic mass is 9.94. The van der Waals surface area contributed by atoms with Crippen molar-refractivity contribution in [3.05, 3.63) is 114 Å². The van der Waals surface area contributed by atoms with Gasteiger partial charge >= 0.3 is 0 Å². The Balaban J connectivity index is 1.51. The number of fused-ring (bicyclic) bond motifs is 3. The van der Waals surface area contributed by atoms with Gasteiger partial charge in [-0.05, 0) is 58.8 Å². The molecule has 0 saturated carbocycles. The first-order valence-electron chi connectivity index (χ1n) is 13.3. The number of aromatic nitrogens is 1. The van der Waals surface area contributed by atoms with Crippen LogP contribution in [0.3, 0.4) is 0 Å². The summed E-state index contributed by atoms with van der Waals surface area (Å²) in [5.74, 6) is -0.627. The molecule has 0 aliphatic heterocycles. The van der Waals surface area contributed by atoms with Crippen molar-refractivity contribution >= 4 is 21.9 Å². The highest BCUT2D eigenvalue weighted by Crippen LogP contribution is 2.42. The molecule has 3 heteroatoms. The second kappa shape index (κ2) is 9.32. The van der Waals surface area contributed by atoms with Crippen LogP contribution < -0.4 is 4.57 Å². The van der Waals surface area contributed by atoms with Crippen molar-refractivity contribution < 1.29 is 10.4 Å². The molecule has 0 unspecified atom stereocenters. The minimum Gasteiger partial charge on any atom is -0.454 e. The van der Waals surface area contributed by atoms with E-state index in [-0.39, 0.29) is 0 Å². The minimum atomic E-state index is -0.627. The summed E-state index contributed by atoms with van der Waals surface area (Å²) >= 11 is 0. The Morgan fingerprint density at radius 1 is 0.763 bits per heavy atom. The van der Waals surface area contributed by atoms with Gasteiger partial charge in [0.15, 0.2) is 6.20 Å². The highest BCUT2D eigenvalue weighted by atomic mass is 16.3. The molecule has 0 spiro atoms. The van der Waals surface area contributed by atoms with Gasteiger partial charge in [0.2, 0.25) is 5.69 Å². The first-order valence-corrected chi connectivity index (χ1v) is 12.8. The van der Waals surface area contributed by atoms with Crippen LogP contribution in [-0.4, -0.2) is 0 Å². The van der Waals surface area contributed by atoms with Gasteiger partial charge in [-0.2, -0.15) is 5.26 Å². The monoisotopic (exact) mass is 494 g/mol. The van der Waals surface area contributed by atoms with Crippen LogP contribution in [-0.2, 0) is 7.05 Å². The molecule has 184 valence electrons. The lowest BCUT2D eigenvalue weighted by molar-refractivity contribution is -0.660. The molecule has 2 heterocycles. The van der Waals surface area contributed by atoms with Crippen molar-refractivity contribution in [2.75, 3.05) is 0 Å². The molecule has 0 atom stereocenters. The number of pyridine rings is 1. The molecule has 0 aliphatic carbocycles. The molecule has 0 radical (unpaired) electrons. The highest BCUT2D eigenvalue weighted by Gasteiger charge is 2.22. The Kier molecular flexibility index (Phi) is 5.52. The van der Waals surface area contributed by atoms with Gasteiger partial charge in [-0.15, -0.1) is 0 Å². The fourth-order valence-electron chi connectivity index (χ4n) is 5.31. The van der Waals surface area contributed by atoms with Crippen molar-refractivity contribution in [3.8, 4) is 39.6 Å². The normalized spacial score (nSPS) is 12.0. The average molecular weight is 495 g/mol. The zero-order chi connectivity index (χ0) is 27.3. The van der Waals surface area contributed by atoms with Crippen LogP contribution in [0.15, 0.2) is 102 Å². The number of aryl methyl sites for hydroxylation is 2. The van der Waals surface area contributed by atoms with Crippen molar-refractivity contribution in [1.82, 2.24) is 0 Å². The van der Waals surface area contributed by atoms with E-state index in [4.69, 9.17) is 5.79 Å². The molecule has 2 aromatic heterocycles. The van der Waals surface area contributed by atoms with Crippen molar-refractivity contribution in [1.29, 1.82) is 5.26 Å². The van der Waals surface area contributed by atoms with E-state index in [0.717, 1.165) is 66.6 Å². The summed E-state index contributed by atoms with van der Waals surface area (Å²) in [7, 11) is 2.04. The van der Waals surface area contributed by atoms with Gasteiger partial charge in [0.1, 0.15) is 18.2 Å². The van der Waals surface area contributed by atoms with Crippen LogP contribution in [0.25, 0.3) is 55.4 Å². The van der Waals surface area contributed by atoms with Crippen LogP contribution in [0, 0.1) is 18.3 Å². The molecule has 0 saturated heterocycles. The molecule has 0 amide bonds. The lowest BCUT2D eigenvalue weighted by Crippen LogP contribution is -2.30. The van der Waals surface area contributed by atoms with Gasteiger partial charge in [0.05, 0.1) is 17.2 Å². The van der Waals surface area contributed by atoms with E-state index in [1.165, 1.54) is 0 Å². The molecule has 0 N–H and O–H groups in total. The van der Waals surface area contributed by atoms with E-state index in [9.17, 15) is 5.26 Å². The van der Waals surface area contributed by atoms with Crippen LogP contribution in [0.2, 0.25) is 0 Å². The van der Waals surface area contributed by atoms with Crippen molar-refractivity contribution in [2.24, 2.45) is 7.05 Å². The third-order valence-electron chi connectivity index (χ3n) is 7.42. The number of furan rings is 1. The first-order chi connectivity index (χ1) is 18.8. The molecule has 0 aliphatic rings. The van der Waals surface area contributed by atoms with E-state index in [1.54, 1.807) is 0 Å². The quantitative estimate of drug-likeness (QED) is 0.230. The summed E-state index contributed by atoms with van der Waals surface area (Å²) in [4.78, 5) is 0. The Labute approximate surface area is 224 Å². The Hall–Kier alpha value is -4.68. The number of nitrogens with zero attached hydrogens (tertiary/aromatic N) is 2. The van der Waals surface area contributed by atoms with Gasteiger partial charge in [0, 0.05) is 29.8 Å². The first kappa shape index (κ1) is 22.5. The maximum atomic E-state index is 10.0. The zero-order valence-corrected chi connectivity index (χ0v) is 22.0. The number of hydrogen-bond acceptors (Lipinski definition) is 2. The third kappa shape index (κ3) is 3.86. The summed E-state index contributed by atoms with van der Waals surface area (Å²) in [5, 5.41) is 12.1. The fourth-order valence-corrected chi connectivity index (χ4v) is 5.31. The maximum Gasteiger partial charge on any atom is 0.216 e. The summed E-state index contributed by atoms with van der Waals surface area (Å²) in [6.45, 7) is 5.89. The second-order valence-corrected chi connectivity index (χ2v) is 10.1. The largest absolute Gasteiger partial charge is 0.454 e. The number of nitriles is 1. The smallest absolute Gasteiger partial charge is 0.216 e. The third-order valence-corrected chi connectivity index (χ3v) is 7.42. The van der Waals surface area contributed by atoms with E-state index in [2.05, 4.69) is 72.2 Å². The second-order valence-electron chi connectivity index (χ2n) is 10.1. The zero-order valence-electron chi connectivity index (χ0n) is 23.0. The standard InChI is InChI=1S/C35H29N2O/c1-22(2)24-9-11-25(12-10-24)26-13-15-27(16-14-26)33-28(21-36)17-19-30-29-18-8-23(3)32(34(29)38-35(30)33)31-7-5-6-20-37(31)4/h5-20,22H,1-4H3/q+1/i22D. The highest BCUT2D eigenvalue weighted by molar-refractivity contribution is 6.14. The van der Waals surface area contributed by atoms with Gasteiger partial charge < -0.3 is 4.42 Å². The van der Waals surface area contributed by atoms with Crippen molar-refractivity contribution in [2.45, 2.75) is 26.7 Å². The van der Waals surface area contributed by atoms with E-state index < -0.39 is 5.89 Å². The summed E-state index contributed by atoms with van der Waals surface area (Å²) < 4.78 is 17.0. The predicted octanol–water partition coefficient (Wildman–Crippen LogP) is 8.72. The van der Waals surface area contributed by atoms with Gasteiger partial charge in [-0.3, -0.25) is 0 Å². The molecule has 0 fully saturated rings. The lowest BCUT2D eigenvalue weighted by Gasteiger charge is -2.09. The topological polar surface area (TPSA) is 40.8 Å². The Morgan fingerprint density at radius 3 is 2.00 bits per heavy atom. The summed E-state index contributed by atoms with van der Waals surface area (Å²) in [6, 6.07) is 33.1. The minimum absolute atomic E-state index is 0.583. The Bertz CT molecular complexity index is 1900. The molecular weight excluding hydrogens is 464 g/mol. The van der Waals surface area contributed by atoms with Crippen LogP contribution in [0.5, 0.6) is 0 Å². The molecule has 6 aromatic rings. The number of rotatable bonds is 4. The molecule has 0 bridgehead atoms. The molecule has 38 heavy (non-hydrogen) atoms. The summed E-state index contributed by atoms with van der Waals surface area (Å²) in [6.07, 6.45) is 2.04. The average Bonchev–Trinajstić information content (AvgIpc) is 3.31. The fraction of sp³-hybridized carbons (Fsp3) is 0.143.